The summed E-state index contributed by atoms with van der Waals surface area (Å²) < 4.78 is 0. The summed E-state index contributed by atoms with van der Waals surface area (Å²) in [5.74, 6) is 2.38. The molecule has 0 saturated carbocycles. The summed E-state index contributed by atoms with van der Waals surface area (Å²) in [6.45, 7) is 8.23. The van der Waals surface area contributed by atoms with Crippen LogP contribution < -0.4 is 0 Å². The van der Waals surface area contributed by atoms with Gasteiger partial charge in [0.1, 0.15) is 11.6 Å². The van der Waals surface area contributed by atoms with Gasteiger partial charge in [-0.1, -0.05) is 140 Å². The van der Waals surface area contributed by atoms with Gasteiger partial charge in [0.05, 0.1) is 0 Å². The molecule has 2 heteroatoms. The summed E-state index contributed by atoms with van der Waals surface area (Å²) in [5, 5.41) is 0. The summed E-state index contributed by atoms with van der Waals surface area (Å²) >= 11 is 0. The first-order valence-corrected chi connectivity index (χ1v) is 19.0. The van der Waals surface area contributed by atoms with Crippen LogP contribution in [-0.2, 0) is 9.59 Å². The molecule has 44 heavy (non-hydrogen) atoms. The van der Waals surface area contributed by atoms with Crippen molar-refractivity contribution in [2.45, 2.75) is 195 Å². The van der Waals surface area contributed by atoms with Gasteiger partial charge in [0.25, 0.3) is 0 Å². The molecule has 2 nitrogen and oxygen atoms in total. The Morgan fingerprint density at radius 1 is 0.409 bits per heavy atom. The molecule has 0 aromatic rings. The van der Waals surface area contributed by atoms with Gasteiger partial charge in [-0.25, -0.2) is 0 Å². The predicted molar refractivity (Wildman–Crippen MR) is 196 cm³/mol. The molecule has 0 aromatic carbocycles. The first kappa shape index (κ1) is 42.3. The van der Waals surface area contributed by atoms with Crippen LogP contribution in [0, 0.1) is 11.8 Å². The molecule has 0 aromatic heterocycles. The number of carbonyl (C=O) groups excluding carboxylic acids is 2. The molecule has 0 aliphatic rings. The minimum absolute atomic E-state index is 0.311. The molecule has 0 fully saturated rings. The Morgan fingerprint density at radius 3 is 1.02 bits per heavy atom. The third-order valence-electron chi connectivity index (χ3n) is 8.84. The van der Waals surface area contributed by atoms with E-state index in [1.54, 1.807) is 13.8 Å². The molecule has 0 N–H and O–H groups in total. The van der Waals surface area contributed by atoms with Gasteiger partial charge >= 0.3 is 0 Å². The Kier molecular flexibility index (Phi) is 32.9. The van der Waals surface area contributed by atoms with E-state index in [9.17, 15) is 9.59 Å². The monoisotopic (exact) mass is 611 g/mol. The first-order valence-electron chi connectivity index (χ1n) is 19.0. The quantitative estimate of drug-likeness (QED) is 0.0547. The summed E-state index contributed by atoms with van der Waals surface area (Å²) in [4.78, 5) is 21.9. The highest BCUT2D eigenvalue weighted by molar-refractivity contribution is 5.75. The molecule has 0 amide bonds. The SMILES string of the molecule is CC(=O)CCCCC=CCC=CCCCCCCCCC(CCCCCCCCC=CCC=CCCCCC(C)=O)C(C)C. The molecule has 0 bridgehead atoms. The summed E-state index contributed by atoms with van der Waals surface area (Å²) in [6.07, 6.45) is 50.5. The van der Waals surface area contributed by atoms with E-state index in [0.717, 1.165) is 76.0 Å². The largest absolute Gasteiger partial charge is 0.300 e. The van der Waals surface area contributed by atoms with Crippen molar-refractivity contribution >= 4 is 11.6 Å². The van der Waals surface area contributed by atoms with E-state index < -0.39 is 0 Å². The highest BCUT2D eigenvalue weighted by Crippen LogP contribution is 2.25. The van der Waals surface area contributed by atoms with E-state index >= 15 is 0 Å². The third kappa shape index (κ3) is 34.8. The molecular weight excluding hydrogens is 536 g/mol. The van der Waals surface area contributed by atoms with Crippen molar-refractivity contribution in [3.05, 3.63) is 48.6 Å². The van der Waals surface area contributed by atoms with E-state index in [1.807, 2.05) is 0 Å². The normalized spacial score (nSPS) is 13.0. The number of hydrogen-bond donors (Lipinski definition) is 0. The smallest absolute Gasteiger partial charge is 0.129 e. The standard InChI is InChI=1S/C42H74O2/c1-39(2)42(37-33-29-25-21-17-13-9-5-7-11-15-19-23-27-31-35-40(3)43)38-34-30-26-22-18-14-10-6-8-12-16-20-24-28-32-36-41(4)44/h5-8,15-16,19-20,39,42H,9-14,17-18,21-38H2,1-4H3. The number of allylic oxidation sites excluding steroid dienone is 8. The van der Waals surface area contributed by atoms with Gasteiger partial charge < -0.3 is 9.59 Å². The third-order valence-corrected chi connectivity index (χ3v) is 8.84. The lowest BCUT2D eigenvalue weighted by atomic mass is 9.85. The zero-order valence-electron chi connectivity index (χ0n) is 30.0. The summed E-state index contributed by atoms with van der Waals surface area (Å²) in [5.41, 5.74) is 0. The summed E-state index contributed by atoms with van der Waals surface area (Å²) in [7, 11) is 0. The van der Waals surface area contributed by atoms with Crippen LogP contribution in [0.4, 0.5) is 0 Å². The van der Waals surface area contributed by atoms with Crippen LogP contribution in [0.25, 0.3) is 0 Å². The Labute approximate surface area is 275 Å². The van der Waals surface area contributed by atoms with Gasteiger partial charge in [0.2, 0.25) is 0 Å². The Bertz CT molecular complexity index is 694. The molecule has 0 radical (unpaired) electrons. The Balaban J connectivity index is 3.54. The van der Waals surface area contributed by atoms with Crippen molar-refractivity contribution in [2.75, 3.05) is 0 Å². The average Bonchev–Trinajstić information content (AvgIpc) is 2.98. The van der Waals surface area contributed by atoms with E-state index in [1.165, 1.54) is 103 Å². The van der Waals surface area contributed by atoms with Crippen LogP contribution in [0.3, 0.4) is 0 Å². The van der Waals surface area contributed by atoms with Crippen molar-refractivity contribution in [1.29, 1.82) is 0 Å². The molecule has 0 spiro atoms. The number of hydrogen-bond acceptors (Lipinski definition) is 2. The molecular formula is C42H74O2. The van der Waals surface area contributed by atoms with Crippen LogP contribution in [-0.4, -0.2) is 11.6 Å². The van der Waals surface area contributed by atoms with Crippen molar-refractivity contribution in [3.63, 3.8) is 0 Å². The van der Waals surface area contributed by atoms with Crippen LogP contribution in [0.5, 0.6) is 0 Å². The fourth-order valence-electron chi connectivity index (χ4n) is 5.85. The number of Topliss-reactive ketones (excluding diaryl/α,β-unsaturated/α-hetero) is 2. The van der Waals surface area contributed by atoms with Gasteiger partial charge in [-0.05, 0) is 103 Å². The van der Waals surface area contributed by atoms with Crippen LogP contribution in [0.1, 0.15) is 195 Å². The van der Waals surface area contributed by atoms with Crippen LogP contribution in [0.15, 0.2) is 48.6 Å². The minimum atomic E-state index is 0.311. The number of carbonyl (C=O) groups is 2. The second-order valence-corrected chi connectivity index (χ2v) is 13.7. The lowest BCUT2D eigenvalue weighted by Gasteiger charge is -2.20. The molecule has 254 valence electrons. The fraction of sp³-hybridized carbons (Fsp3) is 0.762. The number of unbranched alkanes of at least 4 members (excludes halogenated alkanes) is 16. The minimum Gasteiger partial charge on any atom is -0.300 e. The second kappa shape index (κ2) is 34.2. The van der Waals surface area contributed by atoms with Gasteiger partial charge in [0, 0.05) is 12.8 Å². The zero-order chi connectivity index (χ0) is 32.4. The zero-order valence-corrected chi connectivity index (χ0v) is 30.0. The molecule has 0 saturated heterocycles. The maximum Gasteiger partial charge on any atom is 0.129 e. The molecule has 0 aliphatic carbocycles. The van der Waals surface area contributed by atoms with E-state index in [2.05, 4.69) is 62.5 Å². The molecule has 0 aliphatic heterocycles. The van der Waals surface area contributed by atoms with Crippen LogP contribution >= 0.6 is 0 Å². The van der Waals surface area contributed by atoms with Crippen molar-refractivity contribution in [2.24, 2.45) is 11.8 Å². The maximum atomic E-state index is 10.9. The number of rotatable bonds is 33. The maximum absolute atomic E-state index is 10.9. The van der Waals surface area contributed by atoms with Gasteiger partial charge in [-0.2, -0.15) is 0 Å². The van der Waals surface area contributed by atoms with Crippen molar-refractivity contribution < 1.29 is 9.59 Å². The Morgan fingerprint density at radius 2 is 0.705 bits per heavy atom. The summed E-state index contributed by atoms with van der Waals surface area (Å²) in [6, 6.07) is 0. The lowest BCUT2D eigenvalue weighted by Crippen LogP contribution is -2.08. The molecule has 0 rings (SSSR count). The van der Waals surface area contributed by atoms with E-state index in [0.29, 0.717) is 11.6 Å². The highest BCUT2D eigenvalue weighted by Gasteiger charge is 2.12. The van der Waals surface area contributed by atoms with Crippen LogP contribution in [0.2, 0.25) is 0 Å². The molecule has 0 heterocycles. The average molecular weight is 611 g/mol. The molecule has 0 unspecified atom stereocenters. The lowest BCUT2D eigenvalue weighted by molar-refractivity contribution is -0.117. The topological polar surface area (TPSA) is 34.1 Å². The van der Waals surface area contributed by atoms with Gasteiger partial charge in [-0.15, -0.1) is 0 Å². The highest BCUT2D eigenvalue weighted by atomic mass is 16.1. The van der Waals surface area contributed by atoms with Crippen molar-refractivity contribution in [1.82, 2.24) is 0 Å². The van der Waals surface area contributed by atoms with E-state index in [-0.39, 0.29) is 0 Å². The van der Waals surface area contributed by atoms with E-state index in [4.69, 9.17) is 0 Å². The number of ketones is 2. The fourth-order valence-corrected chi connectivity index (χ4v) is 5.85. The van der Waals surface area contributed by atoms with Gasteiger partial charge in [-0.3, -0.25) is 0 Å². The molecule has 0 atom stereocenters. The van der Waals surface area contributed by atoms with Gasteiger partial charge in [0.15, 0.2) is 0 Å². The van der Waals surface area contributed by atoms with Crippen molar-refractivity contribution in [3.8, 4) is 0 Å². The Hall–Kier alpha value is -1.70. The first-order chi connectivity index (χ1) is 21.4. The second-order valence-electron chi connectivity index (χ2n) is 13.7. The predicted octanol–water partition coefficient (Wildman–Crippen LogP) is 13.8.